The Hall–Kier alpha value is -3.64. The second-order valence-corrected chi connectivity index (χ2v) is 10.1. The second kappa shape index (κ2) is 11.0. The predicted molar refractivity (Wildman–Crippen MR) is 147 cm³/mol. The number of morpholine rings is 1. The molecule has 202 valence electrons. The zero-order chi connectivity index (χ0) is 25.9. The van der Waals surface area contributed by atoms with Crippen molar-refractivity contribution in [3.63, 3.8) is 0 Å². The van der Waals surface area contributed by atoms with Crippen LogP contribution in [0.2, 0.25) is 0 Å². The quantitative estimate of drug-likeness (QED) is 0.306. The third-order valence-corrected chi connectivity index (χ3v) is 7.54. The highest BCUT2D eigenvalue weighted by Gasteiger charge is 2.30. The Morgan fingerprint density at radius 2 is 1.74 bits per heavy atom. The Bertz CT molecular complexity index is 1340. The van der Waals surface area contributed by atoms with Crippen molar-refractivity contribution in [2.75, 3.05) is 35.6 Å². The molecule has 5 heterocycles. The minimum atomic E-state index is -0.00636. The van der Waals surface area contributed by atoms with Crippen LogP contribution in [0.3, 0.4) is 0 Å². The zero-order valence-electron chi connectivity index (χ0n) is 22.1. The molecular formula is C26H37N11O. The summed E-state index contributed by atoms with van der Waals surface area (Å²) >= 11 is 0. The van der Waals surface area contributed by atoms with Gasteiger partial charge in [0, 0.05) is 56.9 Å². The van der Waals surface area contributed by atoms with Crippen LogP contribution in [0, 0.1) is 0 Å². The first-order chi connectivity index (χ1) is 18.7. The molecule has 0 radical (unpaired) electrons. The lowest BCUT2D eigenvalue weighted by Crippen LogP contribution is -2.51. The Balaban J connectivity index is 1.06. The number of fused-ring (bicyclic) bond motifs is 1. The van der Waals surface area contributed by atoms with Crippen molar-refractivity contribution in [1.82, 2.24) is 39.1 Å². The average molecular weight is 520 g/mol. The number of aryl methyl sites for hydroxylation is 2. The minimum Gasteiger partial charge on any atom is -0.365 e. The van der Waals surface area contributed by atoms with Gasteiger partial charge in [-0.3, -0.25) is 14.3 Å². The van der Waals surface area contributed by atoms with Gasteiger partial charge in [-0.15, -0.1) is 5.10 Å². The number of hydrogen-bond acceptors (Lipinski definition) is 9. The van der Waals surface area contributed by atoms with Crippen LogP contribution in [0.15, 0.2) is 43.1 Å². The van der Waals surface area contributed by atoms with E-state index < -0.39 is 0 Å². The van der Waals surface area contributed by atoms with Gasteiger partial charge in [-0.2, -0.15) is 15.2 Å². The van der Waals surface area contributed by atoms with Crippen molar-refractivity contribution in [1.29, 1.82) is 0 Å². The molecule has 2 aliphatic rings. The highest BCUT2D eigenvalue weighted by molar-refractivity contribution is 5.69. The molecule has 38 heavy (non-hydrogen) atoms. The largest absolute Gasteiger partial charge is 0.365 e. The van der Waals surface area contributed by atoms with Gasteiger partial charge in [-0.1, -0.05) is 0 Å². The molecule has 2 fully saturated rings. The summed E-state index contributed by atoms with van der Waals surface area (Å²) in [7, 11) is 0. The van der Waals surface area contributed by atoms with Crippen LogP contribution in [-0.4, -0.2) is 77.1 Å². The molecular weight excluding hydrogens is 482 g/mol. The Kier molecular flexibility index (Phi) is 7.14. The highest BCUT2D eigenvalue weighted by atomic mass is 16.5. The average Bonchev–Trinajstić information content (AvgIpc) is 3.70. The summed E-state index contributed by atoms with van der Waals surface area (Å²) in [5, 5.41) is 23.8. The monoisotopic (exact) mass is 519 g/mol. The van der Waals surface area contributed by atoms with Gasteiger partial charge in [0.1, 0.15) is 11.7 Å². The topological polar surface area (TPSA) is 114 Å². The van der Waals surface area contributed by atoms with Crippen LogP contribution < -0.4 is 16.0 Å². The lowest BCUT2D eigenvalue weighted by molar-refractivity contribution is -0.0354. The van der Waals surface area contributed by atoms with E-state index >= 15 is 0 Å². The maximum Gasteiger partial charge on any atom is 0.247 e. The van der Waals surface area contributed by atoms with E-state index in [0.29, 0.717) is 18.0 Å². The smallest absolute Gasteiger partial charge is 0.247 e. The van der Waals surface area contributed by atoms with Gasteiger partial charge in [0.05, 0.1) is 30.4 Å². The van der Waals surface area contributed by atoms with E-state index in [1.165, 1.54) is 0 Å². The molecule has 6 rings (SSSR count). The SMILES string of the molecule is CCn1cc(Nc2nc(NC3CCC(N4CCOC(Nc5cnn(CC)c5)C4)CC3)c3cccn3n2)cn1. The summed E-state index contributed by atoms with van der Waals surface area (Å²) in [5.74, 6) is 1.42. The van der Waals surface area contributed by atoms with Crippen molar-refractivity contribution in [3.05, 3.63) is 43.1 Å². The number of nitrogens with one attached hydrogen (secondary N) is 3. The number of aromatic nitrogens is 7. The van der Waals surface area contributed by atoms with Gasteiger partial charge < -0.3 is 20.7 Å². The van der Waals surface area contributed by atoms with Gasteiger partial charge in [-0.05, 0) is 51.7 Å². The molecule has 1 unspecified atom stereocenters. The lowest BCUT2D eigenvalue weighted by atomic mass is 9.90. The van der Waals surface area contributed by atoms with E-state index in [1.54, 1.807) is 6.20 Å². The number of ether oxygens (including phenoxy) is 1. The maximum atomic E-state index is 6.01. The maximum absolute atomic E-state index is 6.01. The van der Waals surface area contributed by atoms with Crippen LogP contribution in [0.1, 0.15) is 39.5 Å². The third kappa shape index (κ3) is 5.46. The first-order valence-electron chi connectivity index (χ1n) is 13.7. The molecule has 12 nitrogen and oxygen atoms in total. The first-order valence-corrected chi connectivity index (χ1v) is 13.7. The third-order valence-electron chi connectivity index (χ3n) is 7.54. The molecule has 3 N–H and O–H groups in total. The molecule has 4 aromatic rings. The van der Waals surface area contributed by atoms with E-state index in [1.807, 2.05) is 44.7 Å². The van der Waals surface area contributed by atoms with E-state index in [9.17, 15) is 0 Å². The number of anilines is 4. The van der Waals surface area contributed by atoms with Crippen molar-refractivity contribution < 1.29 is 4.74 Å². The fourth-order valence-corrected chi connectivity index (χ4v) is 5.49. The molecule has 1 atom stereocenters. The van der Waals surface area contributed by atoms with E-state index in [2.05, 4.69) is 56.1 Å². The summed E-state index contributed by atoms with van der Waals surface area (Å²) in [6.07, 6.45) is 14.1. The minimum absolute atomic E-state index is 0.00636. The fourth-order valence-electron chi connectivity index (χ4n) is 5.49. The van der Waals surface area contributed by atoms with Gasteiger partial charge in [-0.25, -0.2) is 4.52 Å². The number of rotatable bonds is 9. The van der Waals surface area contributed by atoms with Crippen LogP contribution in [-0.2, 0) is 17.8 Å². The summed E-state index contributed by atoms with van der Waals surface area (Å²) in [4.78, 5) is 7.42. The molecule has 4 aromatic heterocycles. The van der Waals surface area contributed by atoms with Gasteiger partial charge >= 0.3 is 0 Å². The van der Waals surface area contributed by atoms with Crippen LogP contribution in [0.25, 0.3) is 5.52 Å². The standard InChI is InChI=1S/C26H37N11O/c1-3-35-16-20(14-27-35)29-24-18-34(12-13-38-24)22-9-7-19(8-10-22)30-25-23-6-5-11-37(23)33-26(32-25)31-21-15-28-36(4-2)17-21/h5-6,11,14-17,19,22,24,29H,3-4,7-10,12-13,18H2,1-2H3,(H2,30,31,32,33). The molecule has 1 aliphatic carbocycles. The summed E-state index contributed by atoms with van der Waals surface area (Å²) in [6.45, 7) is 8.46. The van der Waals surface area contributed by atoms with E-state index in [0.717, 1.165) is 81.2 Å². The first kappa shape index (κ1) is 24.7. The highest BCUT2D eigenvalue weighted by Crippen LogP contribution is 2.28. The predicted octanol–water partition coefficient (Wildman–Crippen LogP) is 3.40. The molecule has 0 aromatic carbocycles. The summed E-state index contributed by atoms with van der Waals surface area (Å²) < 4.78 is 11.7. The lowest BCUT2D eigenvalue weighted by Gasteiger charge is -2.41. The summed E-state index contributed by atoms with van der Waals surface area (Å²) in [5.41, 5.74) is 2.87. The zero-order valence-corrected chi connectivity index (χ0v) is 22.1. The normalized spacial score (nSPS) is 22.5. The van der Waals surface area contributed by atoms with Crippen LogP contribution in [0.5, 0.6) is 0 Å². The van der Waals surface area contributed by atoms with Gasteiger partial charge in [0.15, 0.2) is 5.82 Å². The Morgan fingerprint density at radius 3 is 2.50 bits per heavy atom. The summed E-state index contributed by atoms with van der Waals surface area (Å²) in [6, 6.07) is 5.01. The van der Waals surface area contributed by atoms with Crippen molar-refractivity contribution in [2.24, 2.45) is 0 Å². The van der Waals surface area contributed by atoms with Crippen LogP contribution in [0.4, 0.5) is 23.1 Å². The van der Waals surface area contributed by atoms with Crippen molar-refractivity contribution in [3.8, 4) is 0 Å². The van der Waals surface area contributed by atoms with Gasteiger partial charge in [0.25, 0.3) is 0 Å². The fraction of sp³-hybridized carbons (Fsp3) is 0.538. The van der Waals surface area contributed by atoms with E-state index in [-0.39, 0.29) is 6.23 Å². The van der Waals surface area contributed by atoms with Crippen molar-refractivity contribution in [2.45, 2.75) is 70.9 Å². The van der Waals surface area contributed by atoms with Crippen LogP contribution >= 0.6 is 0 Å². The molecule has 1 saturated heterocycles. The molecule has 1 saturated carbocycles. The van der Waals surface area contributed by atoms with Crippen molar-refractivity contribution >= 4 is 28.7 Å². The molecule has 0 spiro atoms. The molecule has 12 heteroatoms. The molecule has 0 amide bonds. The number of hydrogen-bond donors (Lipinski definition) is 3. The Morgan fingerprint density at radius 1 is 0.974 bits per heavy atom. The number of nitrogens with zero attached hydrogens (tertiary/aromatic N) is 8. The molecule has 0 bridgehead atoms. The Labute approximate surface area is 222 Å². The molecule has 1 aliphatic heterocycles. The second-order valence-electron chi connectivity index (χ2n) is 10.1. The van der Waals surface area contributed by atoms with Gasteiger partial charge in [0.2, 0.25) is 5.95 Å². The van der Waals surface area contributed by atoms with E-state index in [4.69, 9.17) is 9.72 Å².